The van der Waals surface area contributed by atoms with Crippen molar-refractivity contribution in [1.29, 1.82) is 0 Å². The van der Waals surface area contributed by atoms with Crippen LogP contribution >= 0.6 is 11.9 Å². The van der Waals surface area contributed by atoms with Crippen LogP contribution in [0.5, 0.6) is 5.75 Å². The highest BCUT2D eigenvalue weighted by Gasteiger charge is 2.28. The Morgan fingerprint density at radius 3 is 2.41 bits per heavy atom. The van der Waals surface area contributed by atoms with E-state index in [4.69, 9.17) is 9.73 Å². The van der Waals surface area contributed by atoms with Gasteiger partial charge in [-0.15, -0.1) is 0 Å². The van der Waals surface area contributed by atoms with Gasteiger partial charge in [-0.05, 0) is 75.6 Å². The molecule has 1 aliphatic rings. The summed E-state index contributed by atoms with van der Waals surface area (Å²) < 4.78 is 8.67. The summed E-state index contributed by atoms with van der Waals surface area (Å²) in [7, 11) is 1.54. The van der Waals surface area contributed by atoms with Crippen molar-refractivity contribution in [3.05, 3.63) is 47.7 Å². The van der Waals surface area contributed by atoms with Gasteiger partial charge in [-0.3, -0.25) is 0 Å². The Hall–Kier alpha value is -2.21. The number of benzene rings is 1. The van der Waals surface area contributed by atoms with Gasteiger partial charge in [0.05, 0.1) is 18.4 Å². The molecule has 0 heterocycles. The standard InChI is InChI=1S/C28H42N2O3S/c1-6-10-20(11-7-2)21-13-15-22(16-14-21)24(9-4)29-27(12-8-3)34-30-25-18-17-23(28(31)32)19-26(25)33-5/h8-9,12,17-22,30H,6-7,10-11,13-16H2,1-5H3,(H,31,32)/b12-8-,24-9-,29-27-. The SMILES string of the molecule is C\C=C/C(=N/C(=C\C)C1CCC(C(CCC)CCC)CC1)SNc1ccc(C(=O)O)cc1OC. The van der Waals surface area contributed by atoms with Gasteiger partial charge < -0.3 is 14.6 Å². The van der Waals surface area contributed by atoms with E-state index in [1.165, 1.54) is 76.5 Å². The van der Waals surface area contributed by atoms with Gasteiger partial charge in [0.1, 0.15) is 10.8 Å². The summed E-state index contributed by atoms with van der Waals surface area (Å²) in [6, 6.07) is 4.82. The number of ether oxygens (including phenoxy) is 1. The molecule has 0 unspecified atom stereocenters. The molecular weight excluding hydrogens is 444 g/mol. The van der Waals surface area contributed by atoms with E-state index in [1.807, 2.05) is 19.1 Å². The molecular formula is C28H42N2O3S. The lowest BCUT2D eigenvalue weighted by atomic mass is 9.72. The van der Waals surface area contributed by atoms with E-state index >= 15 is 0 Å². The predicted octanol–water partition coefficient (Wildman–Crippen LogP) is 8.35. The zero-order chi connectivity index (χ0) is 24.9. The maximum absolute atomic E-state index is 11.2. The third-order valence-electron chi connectivity index (χ3n) is 6.73. The van der Waals surface area contributed by atoms with E-state index in [-0.39, 0.29) is 5.56 Å². The fourth-order valence-corrected chi connectivity index (χ4v) is 5.75. The Labute approximate surface area is 210 Å². The molecule has 1 aromatic carbocycles. The van der Waals surface area contributed by atoms with Crippen LogP contribution in [0.3, 0.4) is 0 Å². The highest BCUT2D eigenvalue weighted by molar-refractivity contribution is 8.15. The lowest BCUT2D eigenvalue weighted by molar-refractivity contribution is 0.0696. The summed E-state index contributed by atoms with van der Waals surface area (Å²) in [5.41, 5.74) is 2.08. The summed E-state index contributed by atoms with van der Waals surface area (Å²) in [5.74, 6) is 1.78. The molecule has 0 aliphatic heterocycles. The first-order chi connectivity index (χ1) is 16.5. The molecule has 0 atom stereocenters. The number of nitrogens with zero attached hydrogens (tertiary/aromatic N) is 1. The van der Waals surface area contributed by atoms with E-state index in [1.54, 1.807) is 12.1 Å². The van der Waals surface area contributed by atoms with Crippen LogP contribution in [0, 0.1) is 17.8 Å². The monoisotopic (exact) mass is 486 g/mol. The fraction of sp³-hybridized carbons (Fsp3) is 0.571. The molecule has 0 amide bonds. The van der Waals surface area contributed by atoms with E-state index in [0.29, 0.717) is 11.7 Å². The van der Waals surface area contributed by atoms with E-state index in [9.17, 15) is 9.90 Å². The van der Waals surface area contributed by atoms with Crippen LogP contribution < -0.4 is 9.46 Å². The summed E-state index contributed by atoms with van der Waals surface area (Å²) in [6.07, 6.45) is 16.5. The van der Waals surface area contributed by atoms with E-state index in [0.717, 1.165) is 28.3 Å². The van der Waals surface area contributed by atoms with Crippen molar-refractivity contribution in [2.45, 2.75) is 79.1 Å². The minimum atomic E-state index is -0.975. The second-order valence-electron chi connectivity index (χ2n) is 9.04. The average molecular weight is 487 g/mol. The van der Waals surface area contributed by atoms with Gasteiger partial charge in [0, 0.05) is 23.6 Å². The molecule has 1 aromatic rings. The second kappa shape index (κ2) is 14.9. The number of nitrogens with one attached hydrogen (secondary N) is 1. The lowest BCUT2D eigenvalue weighted by Gasteiger charge is -2.34. The number of carbonyl (C=O) groups is 1. The summed E-state index contributed by atoms with van der Waals surface area (Å²) in [6.45, 7) is 8.69. The molecule has 1 fully saturated rings. The van der Waals surface area contributed by atoms with Crippen LogP contribution in [0.1, 0.15) is 89.4 Å². The molecule has 0 aromatic heterocycles. The number of methoxy groups -OCH3 is 1. The van der Waals surface area contributed by atoms with Crippen LogP contribution in [0.25, 0.3) is 0 Å². The molecule has 5 nitrogen and oxygen atoms in total. The van der Waals surface area contributed by atoms with Gasteiger partial charge in [-0.2, -0.15) is 0 Å². The van der Waals surface area contributed by atoms with E-state index in [2.05, 4.69) is 31.6 Å². The molecule has 0 bridgehead atoms. The van der Waals surface area contributed by atoms with Crippen molar-refractivity contribution < 1.29 is 14.6 Å². The molecule has 1 saturated carbocycles. The normalized spacial score (nSPS) is 19.6. The number of hydrogen-bond acceptors (Lipinski definition) is 5. The number of aromatic carboxylic acids is 1. The summed E-state index contributed by atoms with van der Waals surface area (Å²) in [5, 5.41) is 10.1. The third kappa shape index (κ3) is 8.23. The van der Waals surface area contributed by atoms with Crippen molar-refractivity contribution in [3.8, 4) is 5.75 Å². The van der Waals surface area contributed by atoms with Crippen molar-refractivity contribution in [1.82, 2.24) is 0 Å². The maximum atomic E-state index is 11.2. The number of rotatable bonds is 12. The molecule has 0 saturated heterocycles. The predicted molar refractivity (Wildman–Crippen MR) is 146 cm³/mol. The quantitative estimate of drug-likeness (QED) is 0.176. The summed E-state index contributed by atoms with van der Waals surface area (Å²) in [4.78, 5) is 16.3. The number of carboxylic acids is 1. The lowest BCUT2D eigenvalue weighted by Crippen LogP contribution is -2.22. The van der Waals surface area contributed by atoms with Crippen LogP contribution in [-0.4, -0.2) is 23.2 Å². The van der Waals surface area contributed by atoms with E-state index < -0.39 is 5.97 Å². The molecule has 1 aliphatic carbocycles. The molecule has 2 N–H and O–H groups in total. The average Bonchev–Trinajstić information content (AvgIpc) is 2.85. The zero-order valence-electron chi connectivity index (χ0n) is 21.5. The Morgan fingerprint density at radius 1 is 1.21 bits per heavy atom. The van der Waals surface area contributed by atoms with Crippen molar-refractivity contribution in [2.75, 3.05) is 11.8 Å². The smallest absolute Gasteiger partial charge is 0.335 e. The van der Waals surface area contributed by atoms with Crippen molar-refractivity contribution >= 4 is 28.6 Å². The highest BCUT2D eigenvalue weighted by atomic mass is 32.2. The minimum absolute atomic E-state index is 0.196. The largest absolute Gasteiger partial charge is 0.495 e. The number of carboxylic acid groups (broad SMARTS) is 1. The molecule has 0 spiro atoms. The fourth-order valence-electron chi connectivity index (χ4n) is 5.01. The van der Waals surface area contributed by atoms with Gasteiger partial charge in [0.25, 0.3) is 0 Å². The maximum Gasteiger partial charge on any atom is 0.335 e. The first-order valence-electron chi connectivity index (χ1n) is 12.7. The first-order valence-corrected chi connectivity index (χ1v) is 13.5. The molecule has 6 heteroatoms. The highest BCUT2D eigenvalue weighted by Crippen LogP contribution is 2.40. The van der Waals surface area contributed by atoms with Crippen LogP contribution in [0.15, 0.2) is 47.1 Å². The minimum Gasteiger partial charge on any atom is -0.495 e. The number of hydrogen-bond donors (Lipinski definition) is 2. The zero-order valence-corrected chi connectivity index (χ0v) is 22.3. The number of allylic oxidation sites excluding steroid dienone is 3. The topological polar surface area (TPSA) is 70.9 Å². The summed E-state index contributed by atoms with van der Waals surface area (Å²) >= 11 is 1.41. The molecule has 34 heavy (non-hydrogen) atoms. The first kappa shape index (κ1) is 28.0. The Bertz CT molecular complexity index is 864. The third-order valence-corrected chi connectivity index (χ3v) is 7.49. The second-order valence-corrected chi connectivity index (χ2v) is 9.86. The van der Waals surface area contributed by atoms with Crippen LogP contribution in [-0.2, 0) is 0 Å². The molecule has 0 radical (unpaired) electrons. The molecule has 2 rings (SSSR count). The van der Waals surface area contributed by atoms with Crippen LogP contribution in [0.2, 0.25) is 0 Å². The van der Waals surface area contributed by atoms with Crippen molar-refractivity contribution in [2.24, 2.45) is 22.7 Å². The Morgan fingerprint density at radius 2 is 1.88 bits per heavy atom. The van der Waals surface area contributed by atoms with Gasteiger partial charge >= 0.3 is 5.97 Å². The molecule has 188 valence electrons. The van der Waals surface area contributed by atoms with Crippen molar-refractivity contribution in [3.63, 3.8) is 0 Å². The number of aliphatic imine (C=N–C) groups is 1. The van der Waals surface area contributed by atoms with Crippen LogP contribution in [0.4, 0.5) is 5.69 Å². The van der Waals surface area contributed by atoms with Gasteiger partial charge in [-0.1, -0.05) is 51.7 Å². The number of anilines is 1. The Balaban J connectivity index is 2.07. The Kier molecular flexibility index (Phi) is 12.3. The van der Waals surface area contributed by atoms with Gasteiger partial charge in [0.15, 0.2) is 0 Å². The van der Waals surface area contributed by atoms with Gasteiger partial charge in [-0.25, -0.2) is 9.79 Å². The van der Waals surface area contributed by atoms with Gasteiger partial charge in [0.2, 0.25) is 0 Å².